The van der Waals surface area contributed by atoms with Gasteiger partial charge < -0.3 is 10.2 Å². The Morgan fingerprint density at radius 3 is 2.64 bits per heavy atom. The molecule has 112 valence electrons. The number of nitrogens with one attached hydrogen (secondary N) is 1. The molecule has 0 saturated heterocycles. The molecule has 2 aromatic carbocycles. The van der Waals surface area contributed by atoms with E-state index < -0.39 is 0 Å². The number of nitriles is 1. The first-order valence-electron chi connectivity index (χ1n) is 6.91. The lowest BCUT2D eigenvalue weighted by Gasteiger charge is -2.22. The van der Waals surface area contributed by atoms with Crippen LogP contribution in [0.2, 0.25) is 0 Å². The van der Waals surface area contributed by atoms with Crippen molar-refractivity contribution < 1.29 is 4.79 Å². The molecule has 2 amide bonds. The normalized spacial score (nSPS) is 9.82. The first kappa shape index (κ1) is 16.3. The van der Waals surface area contributed by atoms with Crippen molar-refractivity contribution in [3.63, 3.8) is 0 Å². The molecule has 2 aromatic rings. The Hall–Kier alpha value is -2.07. The highest BCUT2D eigenvalue weighted by atomic mass is 127. The van der Waals surface area contributed by atoms with E-state index in [1.54, 1.807) is 4.90 Å². The highest BCUT2D eigenvalue weighted by molar-refractivity contribution is 14.1. The minimum atomic E-state index is -0.193. The van der Waals surface area contributed by atoms with Gasteiger partial charge in [-0.25, -0.2) is 4.79 Å². The minimum absolute atomic E-state index is 0.193. The number of amides is 2. The number of carbonyl (C=O) groups is 1. The molecular formula is C17H16IN3O. The molecule has 0 fully saturated rings. The van der Waals surface area contributed by atoms with E-state index in [0.29, 0.717) is 19.5 Å². The van der Waals surface area contributed by atoms with Gasteiger partial charge in [0, 0.05) is 22.3 Å². The number of benzene rings is 2. The van der Waals surface area contributed by atoms with Gasteiger partial charge in [0.25, 0.3) is 0 Å². The number of rotatable bonds is 5. The second-order valence-electron chi connectivity index (χ2n) is 4.76. The Labute approximate surface area is 143 Å². The van der Waals surface area contributed by atoms with Gasteiger partial charge in [-0.1, -0.05) is 36.4 Å². The van der Waals surface area contributed by atoms with Crippen LogP contribution >= 0.6 is 22.6 Å². The molecule has 0 aliphatic carbocycles. The van der Waals surface area contributed by atoms with Crippen molar-refractivity contribution in [3.8, 4) is 6.07 Å². The van der Waals surface area contributed by atoms with Crippen LogP contribution < -0.4 is 5.32 Å². The third kappa shape index (κ3) is 5.04. The van der Waals surface area contributed by atoms with Gasteiger partial charge in [-0.05, 0) is 46.4 Å². The molecule has 0 bridgehead atoms. The molecule has 0 saturated carbocycles. The zero-order valence-corrected chi connectivity index (χ0v) is 14.2. The molecular weight excluding hydrogens is 389 g/mol. The quantitative estimate of drug-likeness (QED) is 0.757. The Bertz CT molecular complexity index is 667. The van der Waals surface area contributed by atoms with Gasteiger partial charge in [0.05, 0.1) is 12.5 Å². The molecule has 0 spiro atoms. The molecule has 0 atom stereocenters. The fraction of sp³-hybridized carbons (Fsp3) is 0.176. The van der Waals surface area contributed by atoms with Crippen LogP contribution in [-0.4, -0.2) is 17.5 Å². The molecule has 22 heavy (non-hydrogen) atoms. The van der Waals surface area contributed by atoms with Crippen molar-refractivity contribution >= 4 is 34.3 Å². The standard InChI is InChI=1S/C17H16IN3O/c18-15-8-4-9-16(12-15)20-17(22)21(11-5-10-19)13-14-6-2-1-3-7-14/h1-4,6-9,12H,5,11,13H2,(H,20,22). The average Bonchev–Trinajstić information content (AvgIpc) is 2.52. The predicted octanol–water partition coefficient (Wildman–Crippen LogP) is 4.24. The van der Waals surface area contributed by atoms with Crippen LogP contribution in [0.15, 0.2) is 54.6 Å². The lowest BCUT2D eigenvalue weighted by Crippen LogP contribution is -2.35. The summed E-state index contributed by atoms with van der Waals surface area (Å²) >= 11 is 2.20. The lowest BCUT2D eigenvalue weighted by molar-refractivity contribution is 0.210. The zero-order chi connectivity index (χ0) is 15.8. The van der Waals surface area contributed by atoms with E-state index in [9.17, 15) is 4.79 Å². The topological polar surface area (TPSA) is 56.1 Å². The second-order valence-corrected chi connectivity index (χ2v) is 6.00. The average molecular weight is 405 g/mol. The zero-order valence-electron chi connectivity index (χ0n) is 12.0. The number of hydrogen-bond acceptors (Lipinski definition) is 2. The largest absolute Gasteiger partial charge is 0.322 e. The summed E-state index contributed by atoms with van der Waals surface area (Å²) in [5, 5.41) is 11.7. The Morgan fingerprint density at radius 2 is 1.95 bits per heavy atom. The van der Waals surface area contributed by atoms with Gasteiger partial charge in [0.2, 0.25) is 0 Å². The number of nitrogens with zero attached hydrogens (tertiary/aromatic N) is 2. The Morgan fingerprint density at radius 1 is 1.18 bits per heavy atom. The van der Waals surface area contributed by atoms with Gasteiger partial charge in [0.15, 0.2) is 0 Å². The fourth-order valence-corrected chi connectivity index (χ4v) is 2.55. The molecule has 1 N–H and O–H groups in total. The molecule has 0 aliphatic rings. The maximum Gasteiger partial charge on any atom is 0.322 e. The van der Waals surface area contributed by atoms with Crippen molar-refractivity contribution in [3.05, 3.63) is 63.7 Å². The summed E-state index contributed by atoms with van der Waals surface area (Å²) in [7, 11) is 0. The number of hydrogen-bond donors (Lipinski definition) is 1. The summed E-state index contributed by atoms with van der Waals surface area (Å²) in [4.78, 5) is 14.1. The van der Waals surface area contributed by atoms with Gasteiger partial charge in [-0.15, -0.1) is 0 Å². The van der Waals surface area contributed by atoms with Crippen molar-refractivity contribution in [2.24, 2.45) is 0 Å². The van der Waals surface area contributed by atoms with E-state index in [4.69, 9.17) is 5.26 Å². The number of anilines is 1. The van der Waals surface area contributed by atoms with Gasteiger partial charge in [-0.2, -0.15) is 5.26 Å². The van der Waals surface area contributed by atoms with E-state index in [1.807, 2.05) is 54.6 Å². The van der Waals surface area contributed by atoms with E-state index >= 15 is 0 Å². The van der Waals surface area contributed by atoms with Gasteiger partial charge in [0.1, 0.15) is 0 Å². The predicted molar refractivity (Wildman–Crippen MR) is 95.3 cm³/mol. The third-order valence-corrected chi connectivity index (χ3v) is 3.74. The van der Waals surface area contributed by atoms with E-state index in [0.717, 1.165) is 14.8 Å². The van der Waals surface area contributed by atoms with E-state index in [-0.39, 0.29) is 6.03 Å². The van der Waals surface area contributed by atoms with E-state index in [2.05, 4.69) is 34.0 Å². The number of carbonyl (C=O) groups excluding carboxylic acids is 1. The summed E-state index contributed by atoms with van der Waals surface area (Å²) in [6, 6.07) is 19.3. The maximum absolute atomic E-state index is 12.4. The SMILES string of the molecule is N#CCCN(Cc1ccccc1)C(=O)Nc1cccc(I)c1. The van der Waals surface area contributed by atoms with Crippen LogP contribution in [0.5, 0.6) is 0 Å². The maximum atomic E-state index is 12.4. The van der Waals surface area contributed by atoms with Gasteiger partial charge in [-0.3, -0.25) is 0 Å². The molecule has 0 aliphatic heterocycles. The number of urea groups is 1. The van der Waals surface area contributed by atoms with Crippen LogP contribution in [0.4, 0.5) is 10.5 Å². The molecule has 0 unspecified atom stereocenters. The molecule has 2 rings (SSSR count). The first-order valence-corrected chi connectivity index (χ1v) is 7.99. The molecule has 0 radical (unpaired) electrons. The first-order chi connectivity index (χ1) is 10.7. The fourth-order valence-electron chi connectivity index (χ4n) is 2.01. The summed E-state index contributed by atoms with van der Waals surface area (Å²) in [6.45, 7) is 0.888. The van der Waals surface area contributed by atoms with E-state index in [1.165, 1.54) is 0 Å². The van der Waals surface area contributed by atoms with Crippen LogP contribution in [-0.2, 0) is 6.54 Å². The van der Waals surface area contributed by atoms with Crippen LogP contribution in [0.3, 0.4) is 0 Å². The molecule has 0 heterocycles. The van der Waals surface area contributed by atoms with Gasteiger partial charge >= 0.3 is 6.03 Å². The Kier molecular flexibility index (Phi) is 6.22. The smallest absolute Gasteiger partial charge is 0.319 e. The Balaban J connectivity index is 2.07. The molecule has 4 nitrogen and oxygen atoms in total. The number of halogens is 1. The summed E-state index contributed by atoms with van der Waals surface area (Å²) < 4.78 is 1.06. The highest BCUT2D eigenvalue weighted by Crippen LogP contribution is 2.14. The monoisotopic (exact) mass is 405 g/mol. The van der Waals surface area contributed by atoms with Crippen LogP contribution in [0, 0.1) is 14.9 Å². The second kappa shape index (κ2) is 8.39. The van der Waals surface area contributed by atoms with Crippen LogP contribution in [0.25, 0.3) is 0 Å². The minimum Gasteiger partial charge on any atom is -0.319 e. The molecule has 5 heteroatoms. The summed E-state index contributed by atoms with van der Waals surface area (Å²) in [5.74, 6) is 0. The van der Waals surface area contributed by atoms with Crippen molar-refractivity contribution in [2.45, 2.75) is 13.0 Å². The van der Waals surface area contributed by atoms with Crippen molar-refractivity contribution in [1.82, 2.24) is 4.90 Å². The van der Waals surface area contributed by atoms with Crippen LogP contribution in [0.1, 0.15) is 12.0 Å². The molecule has 0 aromatic heterocycles. The lowest BCUT2D eigenvalue weighted by atomic mass is 10.2. The highest BCUT2D eigenvalue weighted by Gasteiger charge is 2.14. The summed E-state index contributed by atoms with van der Waals surface area (Å²) in [5.41, 5.74) is 1.80. The third-order valence-electron chi connectivity index (χ3n) is 3.07. The summed E-state index contributed by atoms with van der Waals surface area (Å²) in [6.07, 6.45) is 0.312. The van der Waals surface area contributed by atoms with Crippen molar-refractivity contribution in [1.29, 1.82) is 5.26 Å². The van der Waals surface area contributed by atoms with Crippen molar-refractivity contribution in [2.75, 3.05) is 11.9 Å².